The van der Waals surface area contributed by atoms with Crippen molar-refractivity contribution in [1.82, 2.24) is 9.97 Å². The summed E-state index contributed by atoms with van der Waals surface area (Å²) in [6.45, 7) is 5.16. The van der Waals surface area contributed by atoms with Crippen LogP contribution >= 0.6 is 23.5 Å². The highest BCUT2D eigenvalue weighted by atomic mass is 32.2. The molecule has 1 aromatic heterocycles. The average Bonchev–Trinajstić information content (AvgIpc) is 2.67. The molecule has 2 rings (SSSR count). The number of aromatic nitrogens is 2. The van der Waals surface area contributed by atoms with Gasteiger partial charge in [0.1, 0.15) is 11.6 Å². The standard InChI is InChI=1S/C12H20N4S2/c1-3-13-10-9-11(15-12(14-10)17-2)16-5-4-7-18-8-6-16/h9H,3-8H2,1-2H3,(H,13,14,15). The van der Waals surface area contributed by atoms with Crippen LogP contribution in [0.5, 0.6) is 0 Å². The van der Waals surface area contributed by atoms with Gasteiger partial charge in [-0.25, -0.2) is 9.97 Å². The molecule has 1 N–H and O–H groups in total. The smallest absolute Gasteiger partial charge is 0.191 e. The molecule has 0 radical (unpaired) electrons. The van der Waals surface area contributed by atoms with Gasteiger partial charge in [0.25, 0.3) is 0 Å². The van der Waals surface area contributed by atoms with Crippen molar-refractivity contribution in [1.29, 1.82) is 0 Å². The molecule has 4 nitrogen and oxygen atoms in total. The topological polar surface area (TPSA) is 41.0 Å². The maximum atomic E-state index is 4.63. The molecule has 100 valence electrons. The minimum absolute atomic E-state index is 0.848. The monoisotopic (exact) mass is 284 g/mol. The van der Waals surface area contributed by atoms with Gasteiger partial charge >= 0.3 is 0 Å². The molecule has 0 unspecified atom stereocenters. The minimum atomic E-state index is 0.848. The van der Waals surface area contributed by atoms with Crippen molar-refractivity contribution in [3.63, 3.8) is 0 Å². The molecule has 0 saturated carbocycles. The molecule has 0 aromatic carbocycles. The minimum Gasteiger partial charge on any atom is -0.370 e. The van der Waals surface area contributed by atoms with Gasteiger partial charge in [-0.3, -0.25) is 0 Å². The van der Waals surface area contributed by atoms with E-state index in [-0.39, 0.29) is 0 Å². The Morgan fingerprint density at radius 3 is 3.06 bits per heavy atom. The molecule has 1 aromatic rings. The van der Waals surface area contributed by atoms with Crippen molar-refractivity contribution >= 4 is 35.2 Å². The molecule has 2 heterocycles. The van der Waals surface area contributed by atoms with Crippen LogP contribution in [0, 0.1) is 0 Å². The Balaban J connectivity index is 2.21. The SMILES string of the molecule is CCNc1cc(N2CCCSCC2)nc(SC)n1. The Kier molecular flexibility index (Phi) is 5.44. The summed E-state index contributed by atoms with van der Waals surface area (Å²) in [5.41, 5.74) is 0. The molecule has 0 amide bonds. The number of hydrogen-bond acceptors (Lipinski definition) is 6. The molecule has 0 aliphatic carbocycles. The lowest BCUT2D eigenvalue weighted by atomic mass is 10.4. The van der Waals surface area contributed by atoms with Gasteiger partial charge in [-0.1, -0.05) is 11.8 Å². The van der Waals surface area contributed by atoms with E-state index in [1.165, 1.54) is 17.9 Å². The first-order valence-corrected chi connectivity index (χ1v) is 8.71. The summed E-state index contributed by atoms with van der Waals surface area (Å²) >= 11 is 3.63. The van der Waals surface area contributed by atoms with Crippen LogP contribution in [-0.4, -0.2) is 47.4 Å². The number of anilines is 2. The van der Waals surface area contributed by atoms with Crippen LogP contribution in [0.3, 0.4) is 0 Å². The number of nitrogens with one attached hydrogen (secondary N) is 1. The third-order valence-corrected chi connectivity index (χ3v) is 4.38. The quantitative estimate of drug-likeness (QED) is 0.677. The van der Waals surface area contributed by atoms with E-state index in [4.69, 9.17) is 0 Å². The molecular weight excluding hydrogens is 264 g/mol. The molecule has 1 saturated heterocycles. The number of hydrogen-bond donors (Lipinski definition) is 1. The van der Waals surface area contributed by atoms with E-state index >= 15 is 0 Å². The van der Waals surface area contributed by atoms with E-state index in [1.54, 1.807) is 11.8 Å². The lowest BCUT2D eigenvalue weighted by molar-refractivity contribution is 0.785. The zero-order valence-electron chi connectivity index (χ0n) is 11.0. The van der Waals surface area contributed by atoms with E-state index in [9.17, 15) is 0 Å². The van der Waals surface area contributed by atoms with Gasteiger partial charge in [0.2, 0.25) is 0 Å². The summed E-state index contributed by atoms with van der Waals surface area (Å²) in [7, 11) is 0. The fourth-order valence-corrected chi connectivity index (χ4v) is 3.17. The van der Waals surface area contributed by atoms with Gasteiger partial charge in [-0.2, -0.15) is 11.8 Å². The predicted octanol–water partition coefficient (Wildman–Crippen LogP) is 2.57. The lowest BCUT2D eigenvalue weighted by Gasteiger charge is -2.22. The van der Waals surface area contributed by atoms with Crippen molar-refractivity contribution in [3.8, 4) is 0 Å². The third kappa shape index (κ3) is 3.68. The molecule has 18 heavy (non-hydrogen) atoms. The Morgan fingerprint density at radius 2 is 2.28 bits per heavy atom. The van der Waals surface area contributed by atoms with Crippen LogP contribution in [0.2, 0.25) is 0 Å². The molecule has 1 aliphatic heterocycles. The zero-order valence-corrected chi connectivity index (χ0v) is 12.6. The van der Waals surface area contributed by atoms with Crippen molar-refractivity contribution in [2.75, 3.05) is 47.6 Å². The second-order valence-corrected chi connectivity index (χ2v) is 6.08. The molecule has 0 atom stereocenters. The fraction of sp³-hybridized carbons (Fsp3) is 0.667. The summed E-state index contributed by atoms with van der Waals surface area (Å²) in [6, 6.07) is 2.07. The van der Waals surface area contributed by atoms with Crippen molar-refractivity contribution in [2.24, 2.45) is 0 Å². The number of rotatable bonds is 4. The fourth-order valence-electron chi connectivity index (χ4n) is 1.91. The average molecular weight is 284 g/mol. The Labute approximate surface area is 117 Å². The first-order chi connectivity index (χ1) is 8.83. The van der Waals surface area contributed by atoms with Crippen molar-refractivity contribution in [2.45, 2.75) is 18.5 Å². The molecular formula is C12H20N4S2. The second-order valence-electron chi connectivity index (χ2n) is 4.08. The Hall–Kier alpha value is -0.620. The van der Waals surface area contributed by atoms with Crippen molar-refractivity contribution in [3.05, 3.63) is 6.07 Å². The molecule has 6 heteroatoms. The van der Waals surface area contributed by atoms with E-state index in [2.05, 4.69) is 33.2 Å². The van der Waals surface area contributed by atoms with Crippen LogP contribution in [0.4, 0.5) is 11.6 Å². The van der Waals surface area contributed by atoms with Crippen LogP contribution in [0.25, 0.3) is 0 Å². The molecule has 0 bridgehead atoms. The first-order valence-electron chi connectivity index (χ1n) is 6.33. The van der Waals surface area contributed by atoms with Crippen LogP contribution in [-0.2, 0) is 0 Å². The summed E-state index contributed by atoms with van der Waals surface area (Å²) in [4.78, 5) is 11.5. The van der Waals surface area contributed by atoms with Crippen LogP contribution in [0.1, 0.15) is 13.3 Å². The van der Waals surface area contributed by atoms with Gasteiger partial charge in [0, 0.05) is 31.5 Å². The maximum absolute atomic E-state index is 4.63. The summed E-state index contributed by atoms with van der Waals surface area (Å²) in [5.74, 6) is 4.45. The molecule has 0 spiro atoms. The van der Waals surface area contributed by atoms with Gasteiger partial charge in [-0.05, 0) is 25.4 Å². The first kappa shape index (κ1) is 13.8. The van der Waals surface area contributed by atoms with E-state index < -0.39 is 0 Å². The highest BCUT2D eigenvalue weighted by molar-refractivity contribution is 7.99. The van der Waals surface area contributed by atoms with E-state index in [0.717, 1.165) is 36.4 Å². The Bertz CT molecular complexity index is 378. The highest BCUT2D eigenvalue weighted by Crippen LogP contribution is 2.22. The summed E-state index contributed by atoms with van der Waals surface area (Å²) in [5, 5.41) is 4.13. The largest absolute Gasteiger partial charge is 0.370 e. The second kappa shape index (κ2) is 7.09. The van der Waals surface area contributed by atoms with Gasteiger partial charge in [-0.15, -0.1) is 0 Å². The van der Waals surface area contributed by atoms with Gasteiger partial charge in [0.05, 0.1) is 0 Å². The molecule has 1 aliphatic rings. The van der Waals surface area contributed by atoms with E-state index in [1.807, 2.05) is 18.0 Å². The van der Waals surface area contributed by atoms with E-state index in [0.29, 0.717) is 0 Å². The molecule has 1 fully saturated rings. The zero-order chi connectivity index (χ0) is 12.8. The summed E-state index contributed by atoms with van der Waals surface area (Å²) < 4.78 is 0. The van der Waals surface area contributed by atoms with Gasteiger partial charge in [0.15, 0.2) is 5.16 Å². The Morgan fingerprint density at radius 1 is 1.39 bits per heavy atom. The maximum Gasteiger partial charge on any atom is 0.191 e. The van der Waals surface area contributed by atoms with Crippen LogP contribution in [0.15, 0.2) is 11.2 Å². The third-order valence-electron chi connectivity index (χ3n) is 2.78. The lowest BCUT2D eigenvalue weighted by Crippen LogP contribution is -2.26. The normalized spacial score (nSPS) is 16.4. The highest BCUT2D eigenvalue weighted by Gasteiger charge is 2.13. The van der Waals surface area contributed by atoms with Crippen molar-refractivity contribution < 1.29 is 0 Å². The predicted molar refractivity (Wildman–Crippen MR) is 82.1 cm³/mol. The van der Waals surface area contributed by atoms with Gasteiger partial charge < -0.3 is 10.2 Å². The van der Waals surface area contributed by atoms with Crippen LogP contribution < -0.4 is 10.2 Å². The number of nitrogens with zero attached hydrogens (tertiary/aromatic N) is 3. The number of thioether (sulfide) groups is 2. The summed E-state index contributed by atoms with van der Waals surface area (Å²) in [6.07, 6.45) is 3.26.